The van der Waals surface area contributed by atoms with Gasteiger partial charge in [-0.05, 0) is 132 Å². The molecule has 12 rings (SSSR count). The molecule has 0 fully saturated rings. The Bertz CT molecular complexity index is 3180. The number of nitrogens with zero attached hydrogens (tertiary/aromatic N) is 1. The SMILES string of the molecule is CC1(C)c2ccccc2C2(c3ccccc3-c3ccc(-c4ccc(-c5cccc(N(c6ccc(-c7ccccc7)cc6)c6ccc(-c7ccccc7)cc6)c5)cc4)cc32)C2C=CC=CC21. The van der Waals surface area contributed by atoms with Gasteiger partial charge in [0.05, 0.1) is 5.41 Å². The summed E-state index contributed by atoms with van der Waals surface area (Å²) >= 11 is 0. The lowest BCUT2D eigenvalue weighted by Crippen LogP contribution is -2.51. The van der Waals surface area contributed by atoms with Crippen molar-refractivity contribution < 1.29 is 0 Å². The zero-order valence-electron chi connectivity index (χ0n) is 36.8. The molecular formula is C64H49N. The van der Waals surface area contributed by atoms with Gasteiger partial charge in [-0.1, -0.05) is 220 Å². The van der Waals surface area contributed by atoms with Crippen LogP contribution in [0.25, 0.3) is 55.6 Å². The van der Waals surface area contributed by atoms with E-state index in [9.17, 15) is 0 Å². The summed E-state index contributed by atoms with van der Waals surface area (Å²) in [5.41, 5.74) is 21.1. The first kappa shape index (κ1) is 38.9. The number of fused-ring (bicyclic) bond motifs is 9. The molecule has 1 heteroatoms. The first-order valence-corrected chi connectivity index (χ1v) is 23.0. The van der Waals surface area contributed by atoms with Crippen molar-refractivity contribution in [3.63, 3.8) is 0 Å². The van der Waals surface area contributed by atoms with Gasteiger partial charge in [-0.15, -0.1) is 0 Å². The van der Waals surface area contributed by atoms with Gasteiger partial charge in [0.2, 0.25) is 0 Å². The minimum Gasteiger partial charge on any atom is -0.310 e. The van der Waals surface area contributed by atoms with Crippen LogP contribution in [-0.4, -0.2) is 0 Å². The van der Waals surface area contributed by atoms with E-state index >= 15 is 0 Å². The molecule has 0 N–H and O–H groups in total. The number of allylic oxidation sites excluding steroid dienone is 4. The highest BCUT2D eigenvalue weighted by atomic mass is 15.1. The molecule has 0 saturated carbocycles. The largest absolute Gasteiger partial charge is 0.310 e. The van der Waals surface area contributed by atoms with E-state index in [-0.39, 0.29) is 16.7 Å². The van der Waals surface area contributed by atoms with E-state index in [1.54, 1.807) is 0 Å². The number of hydrogen-bond donors (Lipinski definition) is 0. The molecule has 0 aliphatic heterocycles. The molecular weight excluding hydrogens is 783 g/mol. The van der Waals surface area contributed by atoms with Crippen LogP contribution in [0.4, 0.5) is 17.1 Å². The van der Waals surface area contributed by atoms with Gasteiger partial charge in [-0.25, -0.2) is 0 Å². The van der Waals surface area contributed by atoms with Crippen LogP contribution in [0.1, 0.15) is 36.1 Å². The van der Waals surface area contributed by atoms with Crippen LogP contribution in [0, 0.1) is 11.8 Å². The molecule has 0 heterocycles. The van der Waals surface area contributed by atoms with Crippen LogP contribution in [0.2, 0.25) is 0 Å². The maximum atomic E-state index is 2.52. The lowest BCUT2D eigenvalue weighted by atomic mass is 9.48. The molecule has 0 amide bonds. The summed E-state index contributed by atoms with van der Waals surface area (Å²) in [6.07, 6.45) is 9.53. The lowest BCUT2D eigenvalue weighted by Gasteiger charge is -2.54. The van der Waals surface area contributed by atoms with E-state index in [0.29, 0.717) is 5.92 Å². The van der Waals surface area contributed by atoms with Gasteiger partial charge in [0.1, 0.15) is 0 Å². The summed E-state index contributed by atoms with van der Waals surface area (Å²) in [5.74, 6) is 0.645. The fourth-order valence-corrected chi connectivity index (χ4v) is 11.6. The van der Waals surface area contributed by atoms with E-state index in [1.807, 2.05) is 0 Å². The smallest absolute Gasteiger partial charge is 0.0535 e. The molecule has 3 unspecified atom stereocenters. The Labute approximate surface area is 383 Å². The zero-order chi connectivity index (χ0) is 43.5. The zero-order valence-corrected chi connectivity index (χ0v) is 36.8. The van der Waals surface area contributed by atoms with Crippen LogP contribution in [0.3, 0.4) is 0 Å². The molecule has 3 atom stereocenters. The molecule has 310 valence electrons. The topological polar surface area (TPSA) is 3.24 Å². The van der Waals surface area contributed by atoms with E-state index in [1.165, 1.54) is 77.9 Å². The molecule has 9 aromatic carbocycles. The van der Waals surface area contributed by atoms with Crippen LogP contribution < -0.4 is 4.90 Å². The molecule has 0 aromatic heterocycles. The van der Waals surface area contributed by atoms with Crippen molar-refractivity contribution in [2.45, 2.75) is 24.7 Å². The summed E-state index contributed by atoms with van der Waals surface area (Å²) < 4.78 is 0. The summed E-state index contributed by atoms with van der Waals surface area (Å²) in [4.78, 5) is 2.37. The summed E-state index contributed by atoms with van der Waals surface area (Å²) in [7, 11) is 0. The molecule has 0 radical (unpaired) electrons. The maximum absolute atomic E-state index is 2.52. The Morgan fingerprint density at radius 2 is 0.738 bits per heavy atom. The lowest BCUT2D eigenvalue weighted by molar-refractivity contribution is 0.219. The minimum absolute atomic E-state index is 0.00671. The third-order valence-electron chi connectivity index (χ3n) is 14.7. The van der Waals surface area contributed by atoms with Crippen molar-refractivity contribution >= 4 is 17.1 Å². The van der Waals surface area contributed by atoms with Gasteiger partial charge in [0.25, 0.3) is 0 Å². The summed E-state index contributed by atoms with van der Waals surface area (Å²) in [6.45, 7) is 4.89. The maximum Gasteiger partial charge on any atom is 0.0535 e. The fourth-order valence-electron chi connectivity index (χ4n) is 11.6. The van der Waals surface area contributed by atoms with Gasteiger partial charge in [-0.3, -0.25) is 0 Å². The third-order valence-corrected chi connectivity index (χ3v) is 14.7. The molecule has 3 aliphatic rings. The normalized spacial score (nSPS) is 18.4. The van der Waals surface area contributed by atoms with Crippen LogP contribution >= 0.6 is 0 Å². The predicted octanol–water partition coefficient (Wildman–Crippen LogP) is 16.8. The fraction of sp³-hybridized carbons (Fsp3) is 0.0938. The Morgan fingerprint density at radius 3 is 1.35 bits per heavy atom. The number of benzene rings is 9. The first-order valence-electron chi connectivity index (χ1n) is 23.0. The third kappa shape index (κ3) is 6.29. The molecule has 1 nitrogen and oxygen atoms in total. The van der Waals surface area contributed by atoms with Crippen molar-refractivity contribution in [2.75, 3.05) is 4.90 Å². The standard InChI is InChI=1S/C64H49N/c1-63(2)58-24-11-13-26-60(58)64(61-27-14-12-25-59(61)63)57-23-10-9-22-55(57)56-41-36-51(43-62(56)64)49-30-28-48(29-31-49)50-20-15-21-54(42-50)65(52-37-32-46(33-38-52)44-16-5-3-6-17-44)53-39-34-47(35-40-53)45-18-7-4-8-19-45/h3-43,58,60H,1-2H3. The Balaban J connectivity index is 0.918. The first-order chi connectivity index (χ1) is 32.0. The van der Waals surface area contributed by atoms with E-state index in [2.05, 4.69) is 268 Å². The monoisotopic (exact) mass is 831 g/mol. The Kier molecular flexibility index (Phi) is 9.28. The predicted molar refractivity (Wildman–Crippen MR) is 273 cm³/mol. The van der Waals surface area contributed by atoms with Crippen LogP contribution in [0.15, 0.2) is 249 Å². The van der Waals surface area contributed by atoms with Gasteiger partial charge < -0.3 is 4.90 Å². The molecule has 1 spiro atoms. The molecule has 0 bridgehead atoms. The second kappa shape index (κ2) is 15.5. The van der Waals surface area contributed by atoms with Gasteiger partial charge in [-0.2, -0.15) is 0 Å². The van der Waals surface area contributed by atoms with Gasteiger partial charge in [0.15, 0.2) is 0 Å². The van der Waals surface area contributed by atoms with E-state index in [0.717, 1.165) is 17.1 Å². The minimum atomic E-state index is -0.296. The highest BCUT2D eigenvalue weighted by Gasteiger charge is 2.58. The highest BCUT2D eigenvalue weighted by Crippen LogP contribution is 2.65. The van der Waals surface area contributed by atoms with Crippen molar-refractivity contribution in [1.82, 2.24) is 0 Å². The molecule has 3 aliphatic carbocycles. The average Bonchev–Trinajstić information content (AvgIpc) is 3.67. The van der Waals surface area contributed by atoms with Crippen molar-refractivity contribution in [1.29, 1.82) is 0 Å². The number of hydrogen-bond acceptors (Lipinski definition) is 1. The van der Waals surface area contributed by atoms with E-state index in [4.69, 9.17) is 0 Å². The summed E-state index contributed by atoms with van der Waals surface area (Å²) in [6, 6.07) is 83.0. The van der Waals surface area contributed by atoms with Crippen molar-refractivity contribution in [3.05, 3.63) is 271 Å². The Morgan fingerprint density at radius 1 is 0.308 bits per heavy atom. The van der Waals surface area contributed by atoms with Crippen molar-refractivity contribution in [2.24, 2.45) is 11.8 Å². The quantitative estimate of drug-likeness (QED) is 0.155. The van der Waals surface area contributed by atoms with Gasteiger partial charge >= 0.3 is 0 Å². The molecule has 0 saturated heterocycles. The van der Waals surface area contributed by atoms with Crippen LogP contribution in [0.5, 0.6) is 0 Å². The van der Waals surface area contributed by atoms with Gasteiger partial charge in [0, 0.05) is 23.0 Å². The summed E-state index contributed by atoms with van der Waals surface area (Å²) in [5, 5.41) is 0. The second-order valence-electron chi connectivity index (χ2n) is 18.5. The average molecular weight is 832 g/mol. The molecule has 9 aromatic rings. The highest BCUT2D eigenvalue weighted by molar-refractivity contribution is 5.88. The number of anilines is 3. The van der Waals surface area contributed by atoms with E-state index < -0.39 is 0 Å². The number of rotatable bonds is 7. The van der Waals surface area contributed by atoms with Crippen LogP contribution in [-0.2, 0) is 10.8 Å². The van der Waals surface area contributed by atoms with Crippen molar-refractivity contribution in [3.8, 4) is 55.6 Å². The second-order valence-corrected chi connectivity index (χ2v) is 18.5. The molecule has 65 heavy (non-hydrogen) atoms. The Hall–Kier alpha value is -7.74.